The molecule has 2 heterocycles. The smallest absolute Gasteiger partial charge is 0.255 e. The number of furan rings is 1. The van der Waals surface area contributed by atoms with Gasteiger partial charge in [-0.1, -0.05) is 47.5 Å². The quantitative estimate of drug-likeness (QED) is 0.435. The van der Waals surface area contributed by atoms with Gasteiger partial charge >= 0.3 is 0 Å². The van der Waals surface area contributed by atoms with Gasteiger partial charge in [-0.25, -0.2) is 8.42 Å². The Hall–Kier alpha value is -3.62. The molecule has 0 atom stereocenters. The third kappa shape index (κ3) is 4.27. The fourth-order valence-corrected chi connectivity index (χ4v) is 6.00. The van der Waals surface area contributed by atoms with Gasteiger partial charge in [0.05, 0.1) is 10.5 Å². The Morgan fingerprint density at radius 3 is 2.25 bits per heavy atom. The number of nitrogens with one attached hydrogen (secondary N) is 1. The molecule has 0 aliphatic carbocycles. The topological polar surface area (TPSA) is 88.9 Å². The van der Waals surface area contributed by atoms with Gasteiger partial charge in [0, 0.05) is 36.7 Å². The van der Waals surface area contributed by atoms with E-state index in [4.69, 9.17) is 9.15 Å². The zero-order valence-corrected chi connectivity index (χ0v) is 21.3. The molecule has 0 radical (unpaired) electrons. The molecule has 0 saturated heterocycles. The zero-order chi connectivity index (χ0) is 25.4. The lowest BCUT2D eigenvalue weighted by Gasteiger charge is -2.26. The molecule has 7 nitrogen and oxygen atoms in total. The van der Waals surface area contributed by atoms with Gasteiger partial charge in [-0.3, -0.25) is 4.79 Å². The number of hydrogen-bond donors (Lipinski definition) is 1. The van der Waals surface area contributed by atoms with Crippen molar-refractivity contribution in [2.75, 3.05) is 26.7 Å². The molecule has 5 rings (SSSR count). The lowest BCUT2D eigenvalue weighted by atomic mass is 9.98. The Kier molecular flexibility index (Phi) is 6.32. The minimum Gasteiger partial charge on any atom is -0.492 e. The van der Waals surface area contributed by atoms with Gasteiger partial charge in [0.15, 0.2) is 0 Å². The highest BCUT2D eigenvalue weighted by molar-refractivity contribution is 7.89. The zero-order valence-electron chi connectivity index (χ0n) is 20.5. The van der Waals surface area contributed by atoms with Gasteiger partial charge in [0.2, 0.25) is 10.0 Å². The van der Waals surface area contributed by atoms with Crippen LogP contribution in [0.15, 0.2) is 70.0 Å². The number of ether oxygens (including phenoxy) is 1. The first kappa shape index (κ1) is 24.1. The number of benzene rings is 3. The largest absolute Gasteiger partial charge is 0.492 e. The van der Waals surface area contributed by atoms with Crippen molar-refractivity contribution in [2.24, 2.45) is 0 Å². The third-order valence-corrected chi connectivity index (χ3v) is 8.47. The third-order valence-electron chi connectivity index (χ3n) is 6.56. The first-order valence-electron chi connectivity index (χ1n) is 11.9. The van der Waals surface area contributed by atoms with Crippen LogP contribution in [-0.4, -0.2) is 45.4 Å². The first-order valence-corrected chi connectivity index (χ1v) is 13.3. The number of fused-ring (bicyclic) bond motifs is 3. The predicted molar refractivity (Wildman–Crippen MR) is 139 cm³/mol. The molecule has 4 aromatic rings. The molecule has 0 spiro atoms. The fourth-order valence-electron chi connectivity index (χ4n) is 4.58. The molecule has 36 heavy (non-hydrogen) atoms. The number of sulfonamides is 1. The van der Waals surface area contributed by atoms with Crippen LogP contribution >= 0.6 is 0 Å². The SMILES string of the molecule is CNC(=O)c1c(-c2ccc(C)cc2)oc2ccc3c(c12)CCN(S(=O)(=O)c1ccc(C)cc1)CCO3. The van der Waals surface area contributed by atoms with Crippen LogP contribution in [0.25, 0.3) is 22.3 Å². The number of rotatable bonds is 4. The summed E-state index contributed by atoms with van der Waals surface area (Å²) in [4.78, 5) is 13.4. The van der Waals surface area contributed by atoms with E-state index in [0.717, 1.165) is 22.3 Å². The number of hydrogen-bond acceptors (Lipinski definition) is 5. The van der Waals surface area contributed by atoms with Gasteiger partial charge in [-0.15, -0.1) is 0 Å². The van der Waals surface area contributed by atoms with Gasteiger partial charge in [0.1, 0.15) is 23.7 Å². The Bertz CT molecular complexity index is 1540. The average molecular weight is 505 g/mol. The van der Waals surface area contributed by atoms with E-state index in [-0.39, 0.29) is 30.5 Å². The summed E-state index contributed by atoms with van der Waals surface area (Å²) >= 11 is 0. The molecular formula is C28H28N2O5S. The maximum atomic E-state index is 13.4. The minimum absolute atomic E-state index is 0.196. The van der Waals surface area contributed by atoms with E-state index in [1.54, 1.807) is 37.4 Å². The van der Waals surface area contributed by atoms with Crippen molar-refractivity contribution in [1.29, 1.82) is 0 Å². The molecule has 1 aliphatic heterocycles. The fraction of sp³-hybridized carbons (Fsp3) is 0.250. The van der Waals surface area contributed by atoms with Crippen molar-refractivity contribution in [3.63, 3.8) is 0 Å². The Morgan fingerprint density at radius 1 is 0.917 bits per heavy atom. The summed E-state index contributed by atoms with van der Waals surface area (Å²) < 4.78 is 40.4. The molecule has 3 aromatic carbocycles. The Balaban J connectivity index is 1.60. The molecule has 186 valence electrons. The molecule has 1 aromatic heterocycles. The molecule has 0 unspecified atom stereocenters. The highest BCUT2D eigenvalue weighted by atomic mass is 32.2. The standard InChI is InChI=1S/C28H28N2O5S/c1-18-4-8-20(9-5-18)27-26(28(31)29-3)25-22-14-15-30(16-17-34-23(22)12-13-24(25)35-27)36(32,33)21-10-6-19(2)7-11-21/h4-13H,14-17H2,1-3H3,(H,29,31). The van der Waals surface area contributed by atoms with E-state index in [9.17, 15) is 13.2 Å². The van der Waals surface area contributed by atoms with Crippen molar-refractivity contribution in [3.8, 4) is 17.1 Å². The molecule has 1 aliphatic rings. The van der Waals surface area contributed by atoms with Crippen LogP contribution in [0.3, 0.4) is 0 Å². The predicted octanol–water partition coefficient (Wildman–Crippen LogP) is 4.70. The van der Waals surface area contributed by atoms with Crippen LogP contribution in [0.5, 0.6) is 5.75 Å². The summed E-state index contributed by atoms with van der Waals surface area (Å²) in [7, 11) is -2.11. The molecule has 1 N–H and O–H groups in total. The molecular weight excluding hydrogens is 476 g/mol. The van der Waals surface area contributed by atoms with Crippen molar-refractivity contribution >= 4 is 26.9 Å². The lowest BCUT2D eigenvalue weighted by Crippen LogP contribution is -2.37. The highest BCUT2D eigenvalue weighted by Gasteiger charge is 2.30. The molecule has 0 saturated carbocycles. The van der Waals surface area contributed by atoms with E-state index in [1.807, 2.05) is 44.2 Å². The van der Waals surface area contributed by atoms with E-state index in [2.05, 4.69) is 5.32 Å². The van der Waals surface area contributed by atoms with Crippen molar-refractivity contribution in [3.05, 3.63) is 82.9 Å². The molecule has 8 heteroatoms. The van der Waals surface area contributed by atoms with Gasteiger partial charge < -0.3 is 14.5 Å². The van der Waals surface area contributed by atoms with E-state index >= 15 is 0 Å². The first-order chi connectivity index (χ1) is 17.3. The Labute approximate surface area is 210 Å². The second-order valence-corrected chi connectivity index (χ2v) is 10.9. The summed E-state index contributed by atoms with van der Waals surface area (Å²) in [5.41, 5.74) is 4.62. The monoisotopic (exact) mass is 504 g/mol. The van der Waals surface area contributed by atoms with Crippen molar-refractivity contribution in [1.82, 2.24) is 9.62 Å². The second kappa shape index (κ2) is 9.44. The van der Waals surface area contributed by atoms with Crippen molar-refractivity contribution < 1.29 is 22.4 Å². The van der Waals surface area contributed by atoms with Crippen LogP contribution in [0, 0.1) is 13.8 Å². The molecule has 0 fully saturated rings. The van der Waals surface area contributed by atoms with Gasteiger partial charge in [-0.2, -0.15) is 4.31 Å². The Morgan fingerprint density at radius 2 is 1.58 bits per heavy atom. The molecule has 0 bridgehead atoms. The number of carbonyl (C=O) groups is 1. The van der Waals surface area contributed by atoms with Crippen LogP contribution in [-0.2, 0) is 16.4 Å². The van der Waals surface area contributed by atoms with E-state index in [0.29, 0.717) is 34.5 Å². The maximum Gasteiger partial charge on any atom is 0.255 e. The van der Waals surface area contributed by atoms with Crippen LogP contribution in [0.1, 0.15) is 27.0 Å². The van der Waals surface area contributed by atoms with E-state index in [1.165, 1.54) is 4.31 Å². The number of carbonyl (C=O) groups excluding carboxylic acids is 1. The average Bonchev–Trinajstić information content (AvgIpc) is 3.24. The minimum atomic E-state index is -3.70. The maximum absolute atomic E-state index is 13.4. The van der Waals surface area contributed by atoms with Crippen LogP contribution < -0.4 is 10.1 Å². The lowest BCUT2D eigenvalue weighted by molar-refractivity contribution is 0.0964. The van der Waals surface area contributed by atoms with Crippen LogP contribution in [0.4, 0.5) is 0 Å². The van der Waals surface area contributed by atoms with Gasteiger partial charge in [0.25, 0.3) is 5.91 Å². The summed E-state index contributed by atoms with van der Waals surface area (Å²) in [6.45, 7) is 4.60. The van der Waals surface area contributed by atoms with E-state index < -0.39 is 10.0 Å². The van der Waals surface area contributed by atoms with Crippen LogP contribution in [0.2, 0.25) is 0 Å². The number of aryl methyl sites for hydroxylation is 2. The normalized spacial score (nSPS) is 14.5. The number of nitrogens with zero attached hydrogens (tertiary/aromatic N) is 1. The summed E-state index contributed by atoms with van der Waals surface area (Å²) in [6.07, 6.45) is 0.370. The summed E-state index contributed by atoms with van der Waals surface area (Å²) in [5.74, 6) is 0.837. The molecule has 1 amide bonds. The van der Waals surface area contributed by atoms with Crippen molar-refractivity contribution in [2.45, 2.75) is 25.2 Å². The second-order valence-electron chi connectivity index (χ2n) is 8.98. The summed E-state index contributed by atoms with van der Waals surface area (Å²) in [6, 6.07) is 18.3. The van der Waals surface area contributed by atoms with Gasteiger partial charge in [-0.05, 0) is 44.5 Å². The summed E-state index contributed by atoms with van der Waals surface area (Å²) in [5, 5.41) is 3.38. The number of amides is 1. The highest BCUT2D eigenvalue weighted by Crippen LogP contribution is 2.40.